The van der Waals surface area contributed by atoms with Crippen molar-refractivity contribution in [3.63, 3.8) is 0 Å². The molecule has 0 saturated carbocycles. The molecule has 1 unspecified atom stereocenters. The van der Waals surface area contributed by atoms with Gasteiger partial charge in [0.25, 0.3) is 0 Å². The monoisotopic (exact) mass is 252 g/mol. The number of aldehydes is 1. The third-order valence-electron chi connectivity index (χ3n) is 2.78. The van der Waals surface area contributed by atoms with E-state index < -0.39 is 8.56 Å². The van der Waals surface area contributed by atoms with Gasteiger partial charge in [-0.15, -0.1) is 0 Å². The second kappa shape index (κ2) is 5.58. The van der Waals surface area contributed by atoms with Crippen molar-refractivity contribution in [3.05, 3.63) is 30.3 Å². The van der Waals surface area contributed by atoms with Gasteiger partial charge in [-0.05, 0) is 5.19 Å². The molecule has 0 aliphatic heterocycles. The lowest BCUT2D eigenvalue weighted by Gasteiger charge is -2.39. The molecule has 0 bridgehead atoms. The van der Waals surface area contributed by atoms with E-state index in [0.717, 1.165) is 11.5 Å². The second-order valence-corrected chi connectivity index (χ2v) is 8.92. The van der Waals surface area contributed by atoms with Crippen LogP contribution in [0.1, 0.15) is 20.8 Å². The van der Waals surface area contributed by atoms with Crippen molar-refractivity contribution in [1.82, 2.24) is 0 Å². The molecule has 1 rings (SSSR count). The summed E-state index contributed by atoms with van der Waals surface area (Å²) in [5.74, 6) is 0. The van der Waals surface area contributed by atoms with Crippen molar-refractivity contribution in [2.24, 2.45) is 0 Å². The molecule has 3 nitrogen and oxygen atoms in total. The average Bonchev–Trinajstić information content (AvgIpc) is 2.30. The number of benzene rings is 1. The number of hydrogen-bond donors (Lipinski definition) is 0. The lowest BCUT2D eigenvalue weighted by atomic mass is 10.2. The highest BCUT2D eigenvalue weighted by molar-refractivity contribution is 6.83. The van der Waals surface area contributed by atoms with Crippen LogP contribution in [0, 0.1) is 0 Å². The standard InChI is InChI=1S/C13H20O3Si/c1-13(2,3)17(15-4,16-11-10-14)12-8-6-5-7-9-12/h5-10H,11H2,1-4H3. The van der Waals surface area contributed by atoms with E-state index in [1.807, 2.05) is 30.3 Å². The molecule has 0 radical (unpaired) electrons. The van der Waals surface area contributed by atoms with Crippen LogP contribution in [0.5, 0.6) is 0 Å². The molecular weight excluding hydrogens is 232 g/mol. The maximum Gasteiger partial charge on any atom is 0.378 e. The van der Waals surface area contributed by atoms with Crippen molar-refractivity contribution in [2.45, 2.75) is 25.8 Å². The van der Waals surface area contributed by atoms with Gasteiger partial charge in [0, 0.05) is 12.1 Å². The smallest absolute Gasteiger partial charge is 0.378 e. The van der Waals surface area contributed by atoms with Crippen molar-refractivity contribution in [2.75, 3.05) is 13.7 Å². The Hall–Kier alpha value is -0.973. The zero-order chi connectivity index (χ0) is 12.9. The van der Waals surface area contributed by atoms with Gasteiger partial charge < -0.3 is 13.6 Å². The molecule has 0 spiro atoms. The number of rotatable bonds is 5. The molecule has 0 aliphatic rings. The average molecular weight is 252 g/mol. The fraction of sp³-hybridized carbons (Fsp3) is 0.462. The molecule has 0 saturated heterocycles. The Balaban J connectivity index is 3.21. The minimum atomic E-state index is -2.60. The Morgan fingerprint density at radius 2 is 1.82 bits per heavy atom. The van der Waals surface area contributed by atoms with E-state index in [1.54, 1.807) is 7.11 Å². The summed E-state index contributed by atoms with van der Waals surface area (Å²) in [5, 5.41) is 0.906. The van der Waals surface area contributed by atoms with Gasteiger partial charge in [-0.2, -0.15) is 0 Å². The summed E-state index contributed by atoms with van der Waals surface area (Å²) in [4.78, 5) is 10.6. The molecule has 1 aromatic carbocycles. The van der Waals surface area contributed by atoms with Crippen molar-refractivity contribution < 1.29 is 13.6 Å². The SMILES string of the molecule is CO[Si](OCC=O)(c1ccccc1)C(C)(C)C. The lowest BCUT2D eigenvalue weighted by Crippen LogP contribution is -2.60. The molecular formula is C13H20O3Si. The third-order valence-corrected chi connectivity index (χ3v) is 7.00. The van der Waals surface area contributed by atoms with E-state index in [0.29, 0.717) is 0 Å². The highest BCUT2D eigenvalue weighted by Crippen LogP contribution is 2.36. The zero-order valence-electron chi connectivity index (χ0n) is 10.9. The Morgan fingerprint density at radius 3 is 2.24 bits per heavy atom. The maximum atomic E-state index is 10.6. The summed E-state index contributed by atoms with van der Waals surface area (Å²) in [6.45, 7) is 6.33. The molecule has 0 aromatic heterocycles. The van der Waals surface area contributed by atoms with Crippen LogP contribution in [0.4, 0.5) is 0 Å². The Morgan fingerprint density at radius 1 is 1.24 bits per heavy atom. The molecule has 0 fully saturated rings. The minimum absolute atomic E-state index is 0.0756. The predicted molar refractivity (Wildman–Crippen MR) is 70.6 cm³/mol. The maximum absolute atomic E-state index is 10.6. The van der Waals surface area contributed by atoms with E-state index in [1.165, 1.54) is 0 Å². The van der Waals surface area contributed by atoms with Gasteiger partial charge in [-0.1, -0.05) is 51.1 Å². The van der Waals surface area contributed by atoms with Gasteiger partial charge in [-0.3, -0.25) is 0 Å². The van der Waals surface area contributed by atoms with E-state index in [-0.39, 0.29) is 11.6 Å². The van der Waals surface area contributed by atoms with E-state index in [9.17, 15) is 4.79 Å². The second-order valence-electron chi connectivity index (χ2n) is 4.91. The van der Waals surface area contributed by atoms with Crippen molar-refractivity contribution in [3.8, 4) is 0 Å². The van der Waals surface area contributed by atoms with Crippen LogP contribution in [0.2, 0.25) is 5.04 Å². The van der Waals surface area contributed by atoms with E-state index in [2.05, 4.69) is 20.8 Å². The quantitative estimate of drug-likeness (QED) is 0.594. The summed E-state index contributed by atoms with van der Waals surface area (Å²) < 4.78 is 11.6. The van der Waals surface area contributed by atoms with Crippen LogP contribution < -0.4 is 5.19 Å². The van der Waals surface area contributed by atoms with Crippen LogP contribution in [-0.4, -0.2) is 28.6 Å². The lowest BCUT2D eigenvalue weighted by molar-refractivity contribution is -0.110. The summed E-state index contributed by atoms with van der Waals surface area (Å²) in [6, 6.07) is 9.90. The topological polar surface area (TPSA) is 35.5 Å². The van der Waals surface area contributed by atoms with Crippen molar-refractivity contribution in [1.29, 1.82) is 0 Å². The summed E-state index contributed by atoms with van der Waals surface area (Å²) >= 11 is 0. The van der Waals surface area contributed by atoms with Gasteiger partial charge in [0.15, 0.2) is 0 Å². The minimum Gasteiger partial charge on any atom is -0.394 e. The van der Waals surface area contributed by atoms with Gasteiger partial charge >= 0.3 is 8.56 Å². The first-order valence-corrected chi connectivity index (χ1v) is 7.48. The fourth-order valence-corrected chi connectivity index (χ4v) is 5.39. The zero-order valence-corrected chi connectivity index (χ0v) is 11.9. The van der Waals surface area contributed by atoms with Crippen LogP contribution in [0.25, 0.3) is 0 Å². The van der Waals surface area contributed by atoms with Gasteiger partial charge in [0.1, 0.15) is 6.29 Å². The Labute approximate surface area is 104 Å². The molecule has 0 aliphatic carbocycles. The predicted octanol–water partition coefficient (Wildman–Crippen LogP) is 2.00. The van der Waals surface area contributed by atoms with Gasteiger partial charge in [0.2, 0.25) is 0 Å². The molecule has 94 valence electrons. The largest absolute Gasteiger partial charge is 0.394 e. The Bertz CT molecular complexity index is 359. The van der Waals surface area contributed by atoms with E-state index >= 15 is 0 Å². The summed E-state index contributed by atoms with van der Waals surface area (Å²) in [7, 11) is -0.937. The first-order valence-electron chi connectivity index (χ1n) is 5.66. The Kier molecular flexibility index (Phi) is 4.62. The molecule has 17 heavy (non-hydrogen) atoms. The van der Waals surface area contributed by atoms with Gasteiger partial charge in [-0.25, -0.2) is 0 Å². The van der Waals surface area contributed by atoms with Crippen LogP contribution in [0.3, 0.4) is 0 Å². The number of hydrogen-bond acceptors (Lipinski definition) is 3. The highest BCUT2D eigenvalue weighted by Gasteiger charge is 2.50. The number of carbonyl (C=O) groups is 1. The first kappa shape index (κ1) is 14.1. The molecule has 1 aromatic rings. The first-order chi connectivity index (χ1) is 7.98. The number of carbonyl (C=O) groups excluding carboxylic acids is 1. The van der Waals surface area contributed by atoms with Gasteiger partial charge in [0.05, 0.1) is 6.61 Å². The van der Waals surface area contributed by atoms with Crippen LogP contribution in [0.15, 0.2) is 30.3 Å². The highest BCUT2D eigenvalue weighted by atomic mass is 28.4. The molecule has 1 atom stereocenters. The summed E-state index contributed by atoms with van der Waals surface area (Å²) in [5.41, 5.74) is 0. The van der Waals surface area contributed by atoms with Crippen LogP contribution >= 0.6 is 0 Å². The fourth-order valence-electron chi connectivity index (χ4n) is 2.02. The molecule has 0 N–H and O–H groups in total. The summed E-state index contributed by atoms with van der Waals surface area (Å²) in [6.07, 6.45) is 0.773. The third kappa shape index (κ3) is 2.83. The molecule has 0 heterocycles. The van der Waals surface area contributed by atoms with Crippen molar-refractivity contribution >= 4 is 20.0 Å². The van der Waals surface area contributed by atoms with E-state index in [4.69, 9.17) is 8.85 Å². The molecule has 0 amide bonds. The normalized spacial score (nSPS) is 15.3. The molecule has 4 heteroatoms. The van der Waals surface area contributed by atoms with Crippen LogP contribution in [-0.2, 0) is 13.6 Å².